The third-order valence-corrected chi connectivity index (χ3v) is 10.8. The maximum absolute atomic E-state index is 14.1. The van der Waals surface area contributed by atoms with Crippen molar-refractivity contribution >= 4 is 51.2 Å². The number of ether oxygens (including phenoxy) is 3. The molecule has 0 spiro atoms. The van der Waals surface area contributed by atoms with E-state index in [0.717, 1.165) is 39.1 Å². The summed E-state index contributed by atoms with van der Waals surface area (Å²) in [6, 6.07) is 20.9. The topological polar surface area (TPSA) is 222 Å². The number of unbranched alkanes of at least 4 members (excludes halogenated alkanes) is 1. The number of amides is 3. The molecule has 0 fully saturated rings. The maximum atomic E-state index is 14.1. The van der Waals surface area contributed by atoms with Gasteiger partial charge in [-0.05, 0) is 109 Å². The van der Waals surface area contributed by atoms with Crippen molar-refractivity contribution < 1.29 is 33.4 Å². The van der Waals surface area contributed by atoms with Gasteiger partial charge in [0, 0.05) is 17.7 Å². The molecular weight excluding hydrogens is 811 g/mol. The Morgan fingerprint density at radius 2 is 1.12 bits per heavy atom. The lowest BCUT2D eigenvalue weighted by Crippen LogP contribution is -2.56. The summed E-state index contributed by atoms with van der Waals surface area (Å²) in [7, 11) is 0. The van der Waals surface area contributed by atoms with E-state index in [4.69, 9.17) is 31.4 Å². The van der Waals surface area contributed by atoms with E-state index in [0.29, 0.717) is 68.6 Å². The van der Waals surface area contributed by atoms with Crippen LogP contribution < -0.4 is 42.6 Å². The fourth-order valence-corrected chi connectivity index (χ4v) is 7.30. The second-order valence-corrected chi connectivity index (χ2v) is 17.6. The number of nitrogens with two attached hydrogens (primary N) is 3. The Hall–Kier alpha value is -5.89. The minimum Gasteiger partial charge on any atom is -0.493 e. The molecule has 3 atom stereocenters. The third kappa shape index (κ3) is 16.0. The van der Waals surface area contributed by atoms with Gasteiger partial charge in [0.1, 0.15) is 29.6 Å². The zero-order valence-corrected chi connectivity index (χ0v) is 38.6. The Balaban J connectivity index is 1.60. The maximum Gasteiger partial charge on any atom is 0.328 e. The van der Waals surface area contributed by atoms with Gasteiger partial charge < -0.3 is 47.4 Å². The van der Waals surface area contributed by atoms with Gasteiger partial charge in [-0.15, -0.1) is 0 Å². The number of carbonyl (C=O) groups excluding carboxylic acids is 4. The van der Waals surface area contributed by atoms with Crippen LogP contribution >= 0.6 is 0 Å². The number of hydrogen-bond donors (Lipinski definition) is 6. The van der Waals surface area contributed by atoms with E-state index in [-0.39, 0.29) is 37.9 Å². The molecule has 0 radical (unpaired) electrons. The lowest BCUT2D eigenvalue weighted by Gasteiger charge is -2.26. The van der Waals surface area contributed by atoms with Crippen molar-refractivity contribution in [2.24, 2.45) is 39.9 Å². The minimum absolute atomic E-state index is 0.0602. The lowest BCUT2D eigenvalue weighted by molar-refractivity contribution is -0.149. The van der Waals surface area contributed by atoms with Crippen molar-refractivity contribution in [2.75, 3.05) is 32.9 Å². The molecule has 0 bridgehead atoms. The van der Waals surface area contributed by atoms with Gasteiger partial charge in [0.25, 0.3) is 5.91 Å². The van der Waals surface area contributed by atoms with Gasteiger partial charge in [0.05, 0.1) is 13.2 Å². The fourth-order valence-electron chi connectivity index (χ4n) is 7.30. The summed E-state index contributed by atoms with van der Waals surface area (Å²) >= 11 is 0. The molecule has 9 N–H and O–H groups in total. The Morgan fingerprint density at radius 1 is 0.594 bits per heavy atom. The van der Waals surface area contributed by atoms with Gasteiger partial charge in [-0.2, -0.15) is 0 Å². The molecule has 4 rings (SSSR count). The molecule has 64 heavy (non-hydrogen) atoms. The molecule has 4 aromatic rings. The molecule has 0 saturated carbocycles. The quantitative estimate of drug-likeness (QED) is 0.0160. The van der Waals surface area contributed by atoms with E-state index in [2.05, 4.69) is 46.9 Å². The van der Waals surface area contributed by atoms with Gasteiger partial charge in [0.2, 0.25) is 11.8 Å². The Labute approximate surface area is 378 Å². The number of rotatable bonds is 27. The standard InChI is InChI=1S/C50H71N7O7/c1-32(2)24-28-62-42-22-20-35-14-7-9-16-37(35)45(42)46-38-17-10-8-15-36(38)21-23-43(46)64-31-44(58)55-39(18-11-12-26-51)47(59)56-40(19-13-27-54-50(52)53)48(60)57-41(30-34(5)6)49(61)63-29-25-33(3)4/h7-10,14-17,20-23,32-34,39-41H,11-13,18-19,24-31,51H2,1-6H3,(H,55,58)(H,56,59)(H,57,60)(H4,52,53,54)/t39-,40+,41-/m0/s1. The molecule has 0 heterocycles. The smallest absolute Gasteiger partial charge is 0.328 e. The zero-order chi connectivity index (χ0) is 46.6. The average molecular weight is 882 g/mol. The van der Waals surface area contributed by atoms with Crippen LogP contribution in [-0.2, 0) is 23.9 Å². The first-order chi connectivity index (χ1) is 30.7. The number of guanidine groups is 1. The third-order valence-electron chi connectivity index (χ3n) is 10.8. The average Bonchev–Trinajstić information content (AvgIpc) is 3.25. The monoisotopic (exact) mass is 882 g/mol. The van der Waals surface area contributed by atoms with E-state index < -0.39 is 48.4 Å². The zero-order valence-electron chi connectivity index (χ0n) is 38.6. The summed E-state index contributed by atoms with van der Waals surface area (Å²) in [6.45, 7) is 13.2. The highest BCUT2D eigenvalue weighted by atomic mass is 16.5. The van der Waals surface area contributed by atoms with Crippen molar-refractivity contribution in [2.45, 2.75) is 111 Å². The second kappa shape index (κ2) is 26.0. The van der Waals surface area contributed by atoms with Crippen LogP contribution in [0.5, 0.6) is 11.5 Å². The first-order valence-electron chi connectivity index (χ1n) is 22.8. The number of nitrogens with zero attached hydrogens (tertiary/aromatic N) is 1. The largest absolute Gasteiger partial charge is 0.493 e. The highest BCUT2D eigenvalue weighted by Gasteiger charge is 2.31. The molecule has 0 aromatic heterocycles. The van der Waals surface area contributed by atoms with Crippen molar-refractivity contribution in [3.05, 3.63) is 72.8 Å². The highest BCUT2D eigenvalue weighted by molar-refractivity contribution is 6.10. The summed E-state index contributed by atoms with van der Waals surface area (Å²) in [5.74, 6) is -0.281. The summed E-state index contributed by atoms with van der Waals surface area (Å²) < 4.78 is 18.4. The number of carbonyl (C=O) groups is 4. The number of hydrogen-bond acceptors (Lipinski definition) is 9. The molecule has 0 aliphatic carbocycles. The van der Waals surface area contributed by atoms with Crippen LogP contribution in [0.2, 0.25) is 0 Å². The first kappa shape index (κ1) is 50.8. The van der Waals surface area contributed by atoms with E-state index in [9.17, 15) is 19.2 Å². The molecule has 0 saturated heterocycles. The molecule has 0 unspecified atom stereocenters. The number of benzene rings is 4. The van der Waals surface area contributed by atoms with E-state index >= 15 is 0 Å². The van der Waals surface area contributed by atoms with E-state index in [1.54, 1.807) is 0 Å². The van der Waals surface area contributed by atoms with Gasteiger partial charge >= 0.3 is 5.97 Å². The Kier molecular flexibility index (Phi) is 20.6. The Morgan fingerprint density at radius 3 is 1.69 bits per heavy atom. The van der Waals surface area contributed by atoms with Crippen LogP contribution in [0.3, 0.4) is 0 Å². The second-order valence-electron chi connectivity index (χ2n) is 17.6. The van der Waals surface area contributed by atoms with E-state index in [1.165, 1.54) is 0 Å². The van der Waals surface area contributed by atoms with E-state index in [1.807, 2.05) is 88.4 Å². The minimum atomic E-state index is -1.08. The summed E-state index contributed by atoms with van der Waals surface area (Å²) in [6.07, 6.45) is 3.79. The van der Waals surface area contributed by atoms with Crippen LogP contribution in [0.1, 0.15) is 92.9 Å². The summed E-state index contributed by atoms with van der Waals surface area (Å²) in [5.41, 5.74) is 18.5. The summed E-state index contributed by atoms with van der Waals surface area (Å²) in [5, 5.41) is 12.5. The van der Waals surface area contributed by atoms with Crippen molar-refractivity contribution in [1.82, 2.24) is 16.0 Å². The lowest BCUT2D eigenvalue weighted by atomic mass is 9.92. The van der Waals surface area contributed by atoms with Crippen LogP contribution in [0.25, 0.3) is 32.7 Å². The van der Waals surface area contributed by atoms with Gasteiger partial charge in [-0.25, -0.2) is 4.79 Å². The van der Waals surface area contributed by atoms with Crippen LogP contribution in [0.15, 0.2) is 77.8 Å². The SMILES string of the molecule is CC(C)CCOC(=O)[C@H](CC(C)C)NC(=O)[C@@H](CCCN=C(N)N)NC(=O)[C@H](CCCCN)NC(=O)COc1ccc2ccccc2c1-c1c(OCCC(C)C)ccc2ccccc12. The number of nitrogens with one attached hydrogen (secondary N) is 3. The van der Waals surface area contributed by atoms with Crippen molar-refractivity contribution in [1.29, 1.82) is 0 Å². The molecule has 3 amide bonds. The number of aliphatic imine (C=N–C) groups is 1. The summed E-state index contributed by atoms with van der Waals surface area (Å²) in [4.78, 5) is 59.1. The van der Waals surface area contributed by atoms with Crippen LogP contribution in [0.4, 0.5) is 0 Å². The van der Waals surface area contributed by atoms with Gasteiger partial charge in [-0.1, -0.05) is 102 Å². The number of fused-ring (bicyclic) bond motifs is 2. The van der Waals surface area contributed by atoms with Crippen molar-refractivity contribution in [3.63, 3.8) is 0 Å². The number of esters is 1. The van der Waals surface area contributed by atoms with Gasteiger partial charge in [-0.3, -0.25) is 19.4 Å². The molecule has 14 nitrogen and oxygen atoms in total. The van der Waals surface area contributed by atoms with Gasteiger partial charge in [0.15, 0.2) is 12.6 Å². The first-order valence-corrected chi connectivity index (χ1v) is 22.8. The fraction of sp³-hybridized carbons (Fsp3) is 0.500. The van der Waals surface area contributed by atoms with Crippen molar-refractivity contribution in [3.8, 4) is 22.6 Å². The molecule has 14 heteroatoms. The van der Waals surface area contributed by atoms with Crippen LogP contribution in [0, 0.1) is 17.8 Å². The normalized spacial score (nSPS) is 12.8. The Bertz CT molecular complexity index is 2170. The highest BCUT2D eigenvalue weighted by Crippen LogP contribution is 2.45. The molecular formula is C50H71N7O7. The predicted octanol–water partition coefficient (Wildman–Crippen LogP) is 6.74. The molecule has 0 aliphatic heterocycles. The predicted molar refractivity (Wildman–Crippen MR) is 256 cm³/mol. The molecule has 4 aromatic carbocycles. The van der Waals surface area contributed by atoms with Crippen LogP contribution in [-0.4, -0.2) is 80.7 Å². The molecule has 0 aliphatic rings. The molecule has 348 valence electrons.